The molecule has 5 aromatic rings. The van der Waals surface area contributed by atoms with Crippen molar-refractivity contribution in [2.24, 2.45) is 4.99 Å². The number of aryl methyl sites for hydroxylation is 1. The van der Waals surface area contributed by atoms with Gasteiger partial charge in [-0.2, -0.15) is 0 Å². The summed E-state index contributed by atoms with van der Waals surface area (Å²) in [6, 6.07) is 20.6. The second kappa shape index (κ2) is 11.4. The van der Waals surface area contributed by atoms with Gasteiger partial charge in [0, 0.05) is 27.7 Å². The Labute approximate surface area is 257 Å². The average Bonchev–Trinajstić information content (AvgIpc) is 3.45. The number of halogens is 1. The van der Waals surface area contributed by atoms with Crippen LogP contribution in [0.15, 0.2) is 87.8 Å². The largest absolute Gasteiger partial charge is 0.496 e. The minimum absolute atomic E-state index is 0.197. The van der Waals surface area contributed by atoms with E-state index in [2.05, 4.69) is 10.6 Å². The standard InChI is InChI=1S/C34H30ClN3O4S/c1-6-42-33(40)29-20(3)36-34-38(31(29)30-26-10-8-7-9-22(26)11-16-27(30)41-5)32(39)28(43-34)18-23-17-19(2)37(21(23)4)25-14-12-24(35)13-15-25/h7-18,31H,6H2,1-5H3/b28-18+/t31-/m1/s1. The monoisotopic (exact) mass is 611 g/mol. The van der Waals surface area contributed by atoms with Crippen LogP contribution >= 0.6 is 22.9 Å². The van der Waals surface area contributed by atoms with Crippen LogP contribution in [0.25, 0.3) is 22.5 Å². The summed E-state index contributed by atoms with van der Waals surface area (Å²) in [5, 5.41) is 2.51. The highest BCUT2D eigenvalue weighted by Gasteiger charge is 2.36. The molecule has 0 bridgehead atoms. The fourth-order valence-corrected chi connectivity index (χ4v) is 7.03. The Kier molecular flexibility index (Phi) is 7.58. The zero-order valence-electron chi connectivity index (χ0n) is 24.5. The van der Waals surface area contributed by atoms with Crippen molar-refractivity contribution < 1.29 is 14.3 Å². The van der Waals surface area contributed by atoms with Crippen LogP contribution < -0.4 is 19.6 Å². The second-order valence-electron chi connectivity index (χ2n) is 10.3. The number of carbonyl (C=O) groups is 1. The van der Waals surface area contributed by atoms with E-state index in [1.54, 1.807) is 25.5 Å². The Hall–Kier alpha value is -4.40. The maximum Gasteiger partial charge on any atom is 0.338 e. The molecule has 0 unspecified atom stereocenters. The first-order chi connectivity index (χ1) is 20.7. The molecule has 1 aliphatic rings. The molecule has 3 aromatic carbocycles. The van der Waals surface area contributed by atoms with Gasteiger partial charge in [0.25, 0.3) is 5.56 Å². The smallest absolute Gasteiger partial charge is 0.338 e. The summed E-state index contributed by atoms with van der Waals surface area (Å²) >= 11 is 7.42. The van der Waals surface area contributed by atoms with Gasteiger partial charge in [0.05, 0.1) is 29.5 Å². The number of allylic oxidation sites excluding steroid dienone is 1. The lowest BCUT2D eigenvalue weighted by molar-refractivity contribution is -0.139. The Balaban J connectivity index is 1.60. The van der Waals surface area contributed by atoms with Crippen molar-refractivity contribution in [3.8, 4) is 11.4 Å². The third-order valence-corrected chi connectivity index (χ3v) is 9.02. The van der Waals surface area contributed by atoms with E-state index in [1.165, 1.54) is 11.3 Å². The predicted molar refractivity (Wildman–Crippen MR) is 171 cm³/mol. The van der Waals surface area contributed by atoms with E-state index in [9.17, 15) is 9.59 Å². The molecule has 9 heteroatoms. The number of hydrogen-bond donors (Lipinski definition) is 0. The van der Waals surface area contributed by atoms with Crippen molar-refractivity contribution in [1.29, 1.82) is 0 Å². The Morgan fingerprint density at radius 3 is 2.53 bits per heavy atom. The number of hydrogen-bond acceptors (Lipinski definition) is 6. The number of benzene rings is 3. The number of fused-ring (bicyclic) bond motifs is 2. The number of nitrogens with zero attached hydrogens (tertiary/aromatic N) is 3. The van der Waals surface area contributed by atoms with E-state index in [4.69, 9.17) is 26.1 Å². The zero-order valence-corrected chi connectivity index (χ0v) is 26.0. The SMILES string of the molecule is CCOC(=O)C1=C(C)N=c2s/c(=C/c3cc(C)n(-c4ccc(Cl)cc4)c3C)c(=O)n2[C@H]1c1c(OC)ccc2ccccc12. The van der Waals surface area contributed by atoms with E-state index in [0.29, 0.717) is 36.9 Å². The quantitative estimate of drug-likeness (QED) is 0.220. The molecule has 0 radical (unpaired) electrons. The minimum Gasteiger partial charge on any atom is -0.496 e. The lowest BCUT2D eigenvalue weighted by Gasteiger charge is -2.27. The summed E-state index contributed by atoms with van der Waals surface area (Å²) in [6.45, 7) is 7.80. The maximum atomic E-state index is 14.3. The molecule has 0 aliphatic carbocycles. The fourth-order valence-electron chi connectivity index (χ4n) is 5.86. The minimum atomic E-state index is -0.792. The number of esters is 1. The molecule has 3 heterocycles. The number of carbonyl (C=O) groups excluding carboxylic acids is 1. The highest BCUT2D eigenvalue weighted by Crippen LogP contribution is 2.40. The summed E-state index contributed by atoms with van der Waals surface area (Å²) in [5.41, 5.74) is 5.21. The van der Waals surface area contributed by atoms with Crippen molar-refractivity contribution >= 4 is 45.8 Å². The van der Waals surface area contributed by atoms with Gasteiger partial charge >= 0.3 is 5.97 Å². The van der Waals surface area contributed by atoms with Gasteiger partial charge in [-0.1, -0.05) is 53.3 Å². The van der Waals surface area contributed by atoms with Crippen LogP contribution in [-0.4, -0.2) is 28.8 Å². The zero-order chi connectivity index (χ0) is 30.4. The number of ether oxygens (including phenoxy) is 2. The van der Waals surface area contributed by atoms with Gasteiger partial charge in [0.1, 0.15) is 11.8 Å². The summed E-state index contributed by atoms with van der Waals surface area (Å²) in [4.78, 5) is 33.1. The molecule has 218 valence electrons. The molecule has 0 amide bonds. The van der Waals surface area contributed by atoms with E-state index < -0.39 is 12.0 Å². The number of rotatable bonds is 6. The highest BCUT2D eigenvalue weighted by molar-refractivity contribution is 7.07. The van der Waals surface area contributed by atoms with Crippen LogP contribution in [-0.2, 0) is 9.53 Å². The van der Waals surface area contributed by atoms with Crippen molar-refractivity contribution in [2.45, 2.75) is 33.7 Å². The van der Waals surface area contributed by atoms with Crippen molar-refractivity contribution in [1.82, 2.24) is 9.13 Å². The van der Waals surface area contributed by atoms with Gasteiger partial charge in [-0.15, -0.1) is 0 Å². The average molecular weight is 612 g/mol. The molecule has 0 saturated heterocycles. The molecule has 2 aromatic heterocycles. The third kappa shape index (κ3) is 4.90. The summed E-state index contributed by atoms with van der Waals surface area (Å²) in [6.07, 6.45) is 1.90. The Bertz CT molecular complexity index is 2120. The van der Waals surface area contributed by atoms with Gasteiger partial charge in [-0.25, -0.2) is 9.79 Å². The third-order valence-electron chi connectivity index (χ3n) is 7.78. The van der Waals surface area contributed by atoms with Crippen molar-refractivity contribution in [2.75, 3.05) is 13.7 Å². The van der Waals surface area contributed by atoms with Crippen LogP contribution in [0.3, 0.4) is 0 Å². The molecule has 43 heavy (non-hydrogen) atoms. The van der Waals surface area contributed by atoms with E-state index in [0.717, 1.165) is 33.4 Å². The maximum absolute atomic E-state index is 14.3. The van der Waals surface area contributed by atoms with E-state index >= 15 is 0 Å². The van der Waals surface area contributed by atoms with E-state index in [-0.39, 0.29) is 12.2 Å². The fraction of sp³-hybridized carbons (Fsp3) is 0.206. The van der Waals surface area contributed by atoms with Gasteiger partial charge < -0.3 is 14.0 Å². The van der Waals surface area contributed by atoms with E-state index in [1.807, 2.05) is 80.6 Å². The van der Waals surface area contributed by atoms with Crippen LogP contribution in [0.2, 0.25) is 5.02 Å². The molecule has 7 nitrogen and oxygen atoms in total. The number of aromatic nitrogens is 2. The highest BCUT2D eigenvalue weighted by atomic mass is 35.5. The van der Waals surface area contributed by atoms with Crippen LogP contribution in [0.4, 0.5) is 0 Å². The van der Waals surface area contributed by atoms with Crippen LogP contribution in [0.1, 0.15) is 42.4 Å². The predicted octanol–water partition coefficient (Wildman–Crippen LogP) is 6.02. The molecule has 6 rings (SSSR count). The molecular weight excluding hydrogens is 582 g/mol. The van der Waals surface area contributed by atoms with Crippen molar-refractivity contribution in [3.63, 3.8) is 0 Å². The van der Waals surface area contributed by atoms with Gasteiger partial charge in [-0.3, -0.25) is 9.36 Å². The van der Waals surface area contributed by atoms with Crippen molar-refractivity contribution in [3.05, 3.63) is 125 Å². The van der Waals surface area contributed by atoms with Gasteiger partial charge in [-0.05, 0) is 86.5 Å². The van der Waals surface area contributed by atoms with Crippen LogP contribution in [0, 0.1) is 13.8 Å². The summed E-state index contributed by atoms with van der Waals surface area (Å²) in [7, 11) is 1.59. The van der Waals surface area contributed by atoms with Gasteiger partial charge in [0.2, 0.25) is 0 Å². The molecule has 0 saturated carbocycles. The Morgan fingerprint density at radius 2 is 1.81 bits per heavy atom. The topological polar surface area (TPSA) is 74.8 Å². The molecule has 1 atom stereocenters. The number of methoxy groups -OCH3 is 1. The molecule has 1 aliphatic heterocycles. The molecular formula is C34H30ClN3O4S. The summed E-state index contributed by atoms with van der Waals surface area (Å²) in [5.74, 6) is 0.0609. The summed E-state index contributed by atoms with van der Waals surface area (Å²) < 4.78 is 15.6. The molecule has 0 fully saturated rings. The lowest BCUT2D eigenvalue weighted by Crippen LogP contribution is -2.40. The number of thiazole rings is 1. The molecule has 0 N–H and O–H groups in total. The molecule has 0 spiro atoms. The first-order valence-corrected chi connectivity index (χ1v) is 15.1. The second-order valence-corrected chi connectivity index (χ2v) is 11.8. The lowest BCUT2D eigenvalue weighted by atomic mass is 9.90. The first kappa shape index (κ1) is 28.7. The van der Waals surface area contributed by atoms with Crippen LogP contribution in [0.5, 0.6) is 5.75 Å². The first-order valence-electron chi connectivity index (χ1n) is 13.9. The Morgan fingerprint density at radius 1 is 1.07 bits per heavy atom. The normalized spacial score (nSPS) is 15.0. The van der Waals surface area contributed by atoms with Gasteiger partial charge in [0.15, 0.2) is 4.80 Å².